The van der Waals surface area contributed by atoms with Crippen LogP contribution in [0.15, 0.2) is 41.3 Å². The number of benzene rings is 2. The Balaban J connectivity index is 2.20. The summed E-state index contributed by atoms with van der Waals surface area (Å²) < 4.78 is 36.4. The van der Waals surface area contributed by atoms with Crippen molar-refractivity contribution in [1.29, 1.82) is 0 Å². The molecule has 0 aliphatic rings. The van der Waals surface area contributed by atoms with E-state index < -0.39 is 15.9 Å². The fourth-order valence-corrected chi connectivity index (χ4v) is 3.56. The maximum atomic E-state index is 12.6. The number of hydrogen-bond acceptors (Lipinski definition) is 5. The van der Waals surface area contributed by atoms with E-state index in [2.05, 4.69) is 5.32 Å². The Morgan fingerprint density at radius 1 is 1.14 bits per heavy atom. The Bertz CT molecular complexity index is 961. The standard InChI is InChI=1S/C19H23ClN2O5S/c1-5-27-17-9-6-13(10-18(17)26-4)12-21-19(23)15-11-14(7-8-16(15)20)28(24,25)22(2)3/h6-11H,5,12H2,1-4H3,(H,21,23). The van der Waals surface area contributed by atoms with E-state index in [1.54, 1.807) is 12.1 Å². The minimum atomic E-state index is -3.67. The molecule has 0 unspecified atom stereocenters. The van der Waals surface area contributed by atoms with Crippen LogP contribution < -0.4 is 14.8 Å². The number of nitrogens with one attached hydrogen (secondary N) is 1. The highest BCUT2D eigenvalue weighted by Crippen LogP contribution is 2.28. The molecule has 0 heterocycles. The van der Waals surface area contributed by atoms with Crippen LogP contribution in [0.5, 0.6) is 11.5 Å². The second-order valence-electron chi connectivity index (χ2n) is 6.03. The number of halogens is 1. The van der Waals surface area contributed by atoms with Crippen LogP contribution in [0.1, 0.15) is 22.8 Å². The number of sulfonamides is 1. The van der Waals surface area contributed by atoms with Crippen LogP contribution in [0.4, 0.5) is 0 Å². The molecule has 2 aromatic rings. The fourth-order valence-electron chi connectivity index (χ4n) is 2.42. The third kappa shape index (κ3) is 4.95. The second kappa shape index (κ2) is 9.27. The number of methoxy groups -OCH3 is 1. The summed E-state index contributed by atoms with van der Waals surface area (Å²) in [5, 5.41) is 2.90. The number of amides is 1. The van der Waals surface area contributed by atoms with Gasteiger partial charge in [0, 0.05) is 20.6 Å². The van der Waals surface area contributed by atoms with E-state index in [0.29, 0.717) is 18.1 Å². The third-order valence-corrected chi connectivity index (χ3v) is 6.08. The zero-order valence-corrected chi connectivity index (χ0v) is 17.7. The summed E-state index contributed by atoms with van der Waals surface area (Å²) in [4.78, 5) is 12.5. The minimum absolute atomic E-state index is 0.00483. The first-order valence-electron chi connectivity index (χ1n) is 8.50. The van der Waals surface area contributed by atoms with Crippen LogP contribution in [0, 0.1) is 0 Å². The summed E-state index contributed by atoms with van der Waals surface area (Å²) in [6.45, 7) is 2.60. The van der Waals surface area contributed by atoms with Gasteiger partial charge in [-0.15, -0.1) is 0 Å². The van der Waals surface area contributed by atoms with Gasteiger partial charge in [0.1, 0.15) is 0 Å². The third-order valence-electron chi connectivity index (χ3n) is 3.94. The molecule has 0 atom stereocenters. The minimum Gasteiger partial charge on any atom is -0.493 e. The maximum absolute atomic E-state index is 12.6. The summed E-state index contributed by atoms with van der Waals surface area (Å²) in [7, 11) is 0.706. The van der Waals surface area contributed by atoms with Gasteiger partial charge in [-0.3, -0.25) is 4.79 Å². The SMILES string of the molecule is CCOc1ccc(CNC(=O)c2cc(S(=O)(=O)N(C)C)ccc2Cl)cc1OC. The smallest absolute Gasteiger partial charge is 0.253 e. The van der Waals surface area contributed by atoms with E-state index in [1.807, 2.05) is 13.0 Å². The van der Waals surface area contributed by atoms with Crippen LogP contribution in [0.2, 0.25) is 5.02 Å². The number of carbonyl (C=O) groups excluding carboxylic acids is 1. The quantitative estimate of drug-likeness (QED) is 0.701. The van der Waals surface area contributed by atoms with Crippen LogP contribution in [0.25, 0.3) is 0 Å². The Morgan fingerprint density at radius 3 is 2.46 bits per heavy atom. The van der Waals surface area contributed by atoms with Crippen molar-refractivity contribution in [1.82, 2.24) is 9.62 Å². The lowest BCUT2D eigenvalue weighted by Gasteiger charge is -2.14. The number of hydrogen-bond donors (Lipinski definition) is 1. The maximum Gasteiger partial charge on any atom is 0.253 e. The van der Waals surface area contributed by atoms with Crippen molar-refractivity contribution < 1.29 is 22.7 Å². The Kier molecular flexibility index (Phi) is 7.29. The first kappa shape index (κ1) is 22.0. The molecule has 0 fully saturated rings. The lowest BCUT2D eigenvalue weighted by Crippen LogP contribution is -2.25. The van der Waals surface area contributed by atoms with Gasteiger partial charge in [-0.1, -0.05) is 17.7 Å². The zero-order valence-electron chi connectivity index (χ0n) is 16.2. The van der Waals surface area contributed by atoms with Gasteiger partial charge in [-0.05, 0) is 42.8 Å². The number of nitrogens with zero attached hydrogens (tertiary/aromatic N) is 1. The van der Waals surface area contributed by atoms with Gasteiger partial charge in [0.05, 0.1) is 29.2 Å². The van der Waals surface area contributed by atoms with Crippen molar-refractivity contribution in [3.8, 4) is 11.5 Å². The number of carbonyl (C=O) groups is 1. The number of ether oxygens (including phenoxy) is 2. The molecule has 1 amide bonds. The topological polar surface area (TPSA) is 84.9 Å². The molecule has 7 nitrogen and oxygen atoms in total. The molecule has 0 aliphatic heterocycles. The summed E-state index contributed by atoms with van der Waals surface area (Å²) in [5.74, 6) is 0.698. The molecule has 0 spiro atoms. The van der Waals surface area contributed by atoms with Crippen LogP contribution in [-0.4, -0.2) is 46.4 Å². The van der Waals surface area contributed by atoms with Crippen LogP contribution >= 0.6 is 11.6 Å². The highest BCUT2D eigenvalue weighted by molar-refractivity contribution is 7.89. The summed E-state index contributed by atoms with van der Waals surface area (Å²) in [6.07, 6.45) is 0. The molecule has 0 saturated carbocycles. The molecule has 0 aromatic heterocycles. The van der Waals surface area contributed by atoms with Gasteiger partial charge in [0.15, 0.2) is 11.5 Å². The monoisotopic (exact) mass is 426 g/mol. The molecule has 2 aromatic carbocycles. The van der Waals surface area contributed by atoms with Crippen molar-refractivity contribution in [2.75, 3.05) is 27.8 Å². The van der Waals surface area contributed by atoms with E-state index in [0.717, 1.165) is 9.87 Å². The van der Waals surface area contributed by atoms with E-state index in [4.69, 9.17) is 21.1 Å². The highest BCUT2D eigenvalue weighted by Gasteiger charge is 2.20. The van der Waals surface area contributed by atoms with E-state index in [1.165, 1.54) is 39.4 Å². The van der Waals surface area contributed by atoms with E-state index in [-0.39, 0.29) is 22.0 Å². The normalized spacial score (nSPS) is 11.4. The molecule has 28 heavy (non-hydrogen) atoms. The average molecular weight is 427 g/mol. The highest BCUT2D eigenvalue weighted by atomic mass is 35.5. The van der Waals surface area contributed by atoms with Gasteiger partial charge in [-0.25, -0.2) is 12.7 Å². The predicted molar refractivity (Wildman–Crippen MR) is 108 cm³/mol. The van der Waals surface area contributed by atoms with Crippen molar-refractivity contribution >= 4 is 27.5 Å². The van der Waals surface area contributed by atoms with Gasteiger partial charge >= 0.3 is 0 Å². The largest absolute Gasteiger partial charge is 0.493 e. The molecule has 0 aliphatic carbocycles. The molecule has 0 bridgehead atoms. The molecular weight excluding hydrogens is 404 g/mol. The second-order valence-corrected chi connectivity index (χ2v) is 8.59. The lowest BCUT2D eigenvalue weighted by molar-refractivity contribution is 0.0951. The van der Waals surface area contributed by atoms with Crippen LogP contribution in [-0.2, 0) is 16.6 Å². The average Bonchev–Trinajstić information content (AvgIpc) is 2.67. The molecule has 0 radical (unpaired) electrons. The Hall–Kier alpha value is -2.29. The Morgan fingerprint density at radius 2 is 1.86 bits per heavy atom. The summed E-state index contributed by atoms with van der Waals surface area (Å²) in [6, 6.07) is 9.37. The van der Waals surface area contributed by atoms with Crippen LogP contribution in [0.3, 0.4) is 0 Å². The molecule has 9 heteroatoms. The van der Waals surface area contributed by atoms with Crippen molar-refractivity contribution in [3.63, 3.8) is 0 Å². The van der Waals surface area contributed by atoms with Gasteiger partial charge in [0.2, 0.25) is 10.0 Å². The lowest BCUT2D eigenvalue weighted by atomic mass is 10.1. The molecule has 2 rings (SSSR count). The Labute approximate surface area is 170 Å². The molecule has 0 saturated heterocycles. The van der Waals surface area contributed by atoms with Gasteiger partial charge in [-0.2, -0.15) is 0 Å². The van der Waals surface area contributed by atoms with Gasteiger partial charge < -0.3 is 14.8 Å². The first-order chi connectivity index (χ1) is 13.2. The summed E-state index contributed by atoms with van der Waals surface area (Å²) in [5.41, 5.74) is 0.879. The molecular formula is C19H23ClN2O5S. The van der Waals surface area contributed by atoms with Crippen molar-refractivity contribution in [3.05, 3.63) is 52.5 Å². The fraction of sp³-hybridized carbons (Fsp3) is 0.316. The zero-order chi connectivity index (χ0) is 20.9. The number of rotatable bonds is 8. The first-order valence-corrected chi connectivity index (χ1v) is 10.3. The predicted octanol–water partition coefficient (Wildman–Crippen LogP) is 2.93. The molecule has 1 N–H and O–H groups in total. The van der Waals surface area contributed by atoms with Gasteiger partial charge in [0.25, 0.3) is 5.91 Å². The van der Waals surface area contributed by atoms with Crippen molar-refractivity contribution in [2.24, 2.45) is 0 Å². The van der Waals surface area contributed by atoms with E-state index in [9.17, 15) is 13.2 Å². The van der Waals surface area contributed by atoms with Crippen molar-refractivity contribution in [2.45, 2.75) is 18.4 Å². The summed E-state index contributed by atoms with van der Waals surface area (Å²) >= 11 is 6.10. The molecule has 152 valence electrons. The van der Waals surface area contributed by atoms with E-state index >= 15 is 0 Å².